The summed E-state index contributed by atoms with van der Waals surface area (Å²) in [6.45, 7) is 12.2. The minimum absolute atomic E-state index is 0.0827. The van der Waals surface area contributed by atoms with E-state index in [9.17, 15) is 14.6 Å². The number of benzene rings is 1. The molecule has 1 aromatic carbocycles. The van der Waals surface area contributed by atoms with Crippen LogP contribution in [-0.2, 0) is 6.54 Å². The molecule has 0 bridgehead atoms. The average Bonchev–Trinajstić information content (AvgIpc) is 2.87. The first kappa shape index (κ1) is 21.3. The molecule has 1 aliphatic heterocycles. The van der Waals surface area contributed by atoms with Crippen molar-refractivity contribution in [3.8, 4) is 17.5 Å². The summed E-state index contributed by atoms with van der Waals surface area (Å²) < 4.78 is 21.6. The summed E-state index contributed by atoms with van der Waals surface area (Å²) in [6, 6.07) is 5.08. The van der Waals surface area contributed by atoms with Crippen molar-refractivity contribution in [2.45, 2.75) is 46.8 Å². The molecule has 3 rings (SSSR count). The fraction of sp³-hybridized carbons (Fsp3) is 0.545. The third-order valence-corrected chi connectivity index (χ3v) is 5.61. The van der Waals surface area contributed by atoms with Crippen LogP contribution in [0, 0.1) is 19.7 Å². The lowest BCUT2D eigenvalue weighted by molar-refractivity contribution is 0.226. The molecule has 160 valence electrons. The first-order chi connectivity index (χ1) is 13.8. The van der Waals surface area contributed by atoms with Crippen LogP contribution >= 0.6 is 0 Å². The Morgan fingerprint density at radius 3 is 2.21 bits per heavy atom. The van der Waals surface area contributed by atoms with Gasteiger partial charge in [-0.2, -0.15) is 0 Å². The van der Waals surface area contributed by atoms with Gasteiger partial charge in [-0.3, -0.25) is 9.47 Å². The Bertz CT molecular complexity index is 817. The number of para-hydroxylation sites is 1. The van der Waals surface area contributed by atoms with Gasteiger partial charge < -0.3 is 19.8 Å². The number of nitrogens with zero attached hydrogens (tertiary/aromatic N) is 3. The second-order valence-electron chi connectivity index (χ2n) is 7.99. The number of ether oxygens (including phenoxy) is 1. The zero-order valence-corrected chi connectivity index (χ0v) is 17.8. The molecule has 6 nitrogen and oxygen atoms in total. The minimum atomic E-state index is -0.324. The topological polar surface area (TPSA) is 61.1 Å². The summed E-state index contributed by atoms with van der Waals surface area (Å²) >= 11 is 0. The zero-order chi connectivity index (χ0) is 21.1. The quantitative estimate of drug-likeness (QED) is 0.736. The van der Waals surface area contributed by atoms with Crippen molar-refractivity contribution in [1.29, 1.82) is 0 Å². The first-order valence-electron chi connectivity index (χ1n) is 10.3. The Balaban J connectivity index is 1.54. The molecule has 29 heavy (non-hydrogen) atoms. The van der Waals surface area contributed by atoms with Crippen LogP contribution in [-0.4, -0.2) is 58.5 Å². The Morgan fingerprint density at radius 1 is 1.00 bits per heavy atom. The van der Waals surface area contributed by atoms with E-state index in [0.717, 1.165) is 56.0 Å². The van der Waals surface area contributed by atoms with E-state index in [0.29, 0.717) is 12.3 Å². The average molecular weight is 406 g/mol. The number of aromatic nitrogens is 1. The molecular weight excluding hydrogens is 373 g/mol. The number of aromatic hydroxyl groups is 2. The van der Waals surface area contributed by atoms with Crippen molar-refractivity contribution in [3.05, 3.63) is 35.1 Å². The zero-order valence-electron chi connectivity index (χ0n) is 17.8. The monoisotopic (exact) mass is 405 g/mol. The number of hydrogen-bond donors (Lipinski definition) is 2. The highest BCUT2D eigenvalue weighted by Crippen LogP contribution is 2.33. The number of halogens is 1. The van der Waals surface area contributed by atoms with Crippen LogP contribution in [0.15, 0.2) is 18.2 Å². The number of anilines is 1. The molecule has 7 heteroatoms. The maximum absolute atomic E-state index is 14.3. The van der Waals surface area contributed by atoms with Gasteiger partial charge in [0.15, 0.2) is 23.3 Å². The normalized spacial score (nSPS) is 15.3. The smallest absolute Gasteiger partial charge is 0.197 e. The van der Waals surface area contributed by atoms with Gasteiger partial charge in [0.2, 0.25) is 0 Å². The Kier molecular flexibility index (Phi) is 6.57. The second-order valence-corrected chi connectivity index (χ2v) is 7.99. The SMILES string of the molecule is Cc1c(C)c(O)n(CCCN2CCN(c3cccc(F)c3OC(C)C)CC2)c1O. The lowest BCUT2D eigenvalue weighted by Gasteiger charge is -2.37. The summed E-state index contributed by atoms with van der Waals surface area (Å²) in [7, 11) is 0. The minimum Gasteiger partial charge on any atom is -0.494 e. The summed E-state index contributed by atoms with van der Waals surface area (Å²) in [5.41, 5.74) is 2.27. The summed E-state index contributed by atoms with van der Waals surface area (Å²) in [6.07, 6.45) is 0.747. The molecule has 2 aromatic rings. The predicted octanol–water partition coefficient (Wildman–Crippen LogP) is 3.65. The number of piperazine rings is 1. The summed E-state index contributed by atoms with van der Waals surface area (Å²) in [5, 5.41) is 20.3. The van der Waals surface area contributed by atoms with E-state index >= 15 is 0 Å². The van der Waals surface area contributed by atoms with Crippen molar-refractivity contribution in [1.82, 2.24) is 9.47 Å². The van der Waals surface area contributed by atoms with Crippen LogP contribution in [0.2, 0.25) is 0 Å². The molecule has 1 aromatic heterocycles. The van der Waals surface area contributed by atoms with Crippen molar-refractivity contribution < 1.29 is 19.3 Å². The Morgan fingerprint density at radius 2 is 1.62 bits per heavy atom. The van der Waals surface area contributed by atoms with Gasteiger partial charge in [0.1, 0.15) is 0 Å². The lowest BCUT2D eigenvalue weighted by Crippen LogP contribution is -2.47. The van der Waals surface area contributed by atoms with E-state index in [4.69, 9.17) is 4.74 Å². The molecule has 0 spiro atoms. The predicted molar refractivity (Wildman–Crippen MR) is 113 cm³/mol. The van der Waals surface area contributed by atoms with Crippen LogP contribution in [0.1, 0.15) is 31.4 Å². The third kappa shape index (κ3) is 4.61. The van der Waals surface area contributed by atoms with E-state index in [1.54, 1.807) is 10.6 Å². The molecule has 0 unspecified atom stereocenters. The Labute approximate surface area is 172 Å². The molecule has 1 fully saturated rings. The van der Waals surface area contributed by atoms with Crippen molar-refractivity contribution in [2.75, 3.05) is 37.6 Å². The van der Waals surface area contributed by atoms with Gasteiger partial charge in [-0.05, 0) is 52.8 Å². The van der Waals surface area contributed by atoms with E-state index in [1.165, 1.54) is 6.07 Å². The second kappa shape index (κ2) is 8.95. The maximum Gasteiger partial charge on any atom is 0.197 e. The van der Waals surface area contributed by atoms with Crippen molar-refractivity contribution in [3.63, 3.8) is 0 Å². The fourth-order valence-electron chi connectivity index (χ4n) is 3.82. The molecule has 0 radical (unpaired) electrons. The van der Waals surface area contributed by atoms with Gasteiger partial charge in [-0.1, -0.05) is 6.07 Å². The molecule has 1 aliphatic rings. The van der Waals surface area contributed by atoms with Crippen LogP contribution < -0.4 is 9.64 Å². The maximum atomic E-state index is 14.3. The van der Waals surface area contributed by atoms with Gasteiger partial charge in [0.25, 0.3) is 0 Å². The van der Waals surface area contributed by atoms with Gasteiger partial charge in [-0.15, -0.1) is 0 Å². The van der Waals surface area contributed by atoms with E-state index in [-0.39, 0.29) is 23.7 Å². The summed E-state index contributed by atoms with van der Waals surface area (Å²) in [5.74, 6) is 0.304. The van der Waals surface area contributed by atoms with Gasteiger partial charge >= 0.3 is 0 Å². The molecule has 2 N–H and O–H groups in total. The molecule has 1 saturated heterocycles. The van der Waals surface area contributed by atoms with E-state index < -0.39 is 0 Å². The number of rotatable bonds is 7. The highest BCUT2D eigenvalue weighted by atomic mass is 19.1. The third-order valence-electron chi connectivity index (χ3n) is 5.61. The van der Waals surface area contributed by atoms with Crippen LogP contribution in [0.4, 0.5) is 10.1 Å². The molecule has 0 saturated carbocycles. The standard InChI is InChI=1S/C22H32FN3O3/c1-15(2)29-20-18(23)7-5-8-19(20)25-13-11-24(12-14-25)9-6-10-26-21(27)16(3)17(4)22(26)28/h5,7-8,15,27-28H,6,9-14H2,1-4H3. The van der Waals surface area contributed by atoms with Crippen LogP contribution in [0.5, 0.6) is 17.5 Å². The molecule has 0 atom stereocenters. The highest BCUT2D eigenvalue weighted by Gasteiger charge is 2.22. The van der Waals surface area contributed by atoms with E-state index in [2.05, 4.69) is 9.80 Å². The molecular formula is C22H32FN3O3. The number of hydrogen-bond acceptors (Lipinski definition) is 5. The Hall–Kier alpha value is -2.41. The van der Waals surface area contributed by atoms with Gasteiger partial charge in [0.05, 0.1) is 11.8 Å². The van der Waals surface area contributed by atoms with Gasteiger partial charge in [0, 0.05) is 43.9 Å². The highest BCUT2D eigenvalue weighted by molar-refractivity contribution is 5.59. The van der Waals surface area contributed by atoms with Gasteiger partial charge in [-0.25, -0.2) is 4.39 Å². The molecule has 0 aliphatic carbocycles. The lowest BCUT2D eigenvalue weighted by atomic mass is 10.2. The van der Waals surface area contributed by atoms with Crippen molar-refractivity contribution >= 4 is 5.69 Å². The van der Waals surface area contributed by atoms with Crippen LogP contribution in [0.3, 0.4) is 0 Å². The van der Waals surface area contributed by atoms with Crippen LogP contribution in [0.25, 0.3) is 0 Å². The van der Waals surface area contributed by atoms with E-state index in [1.807, 2.05) is 33.8 Å². The first-order valence-corrected chi connectivity index (χ1v) is 10.3. The molecule has 0 amide bonds. The molecule has 2 heterocycles. The summed E-state index contributed by atoms with van der Waals surface area (Å²) in [4.78, 5) is 4.53. The van der Waals surface area contributed by atoms with Crippen molar-refractivity contribution in [2.24, 2.45) is 0 Å². The largest absolute Gasteiger partial charge is 0.494 e. The fourth-order valence-corrected chi connectivity index (χ4v) is 3.82.